The van der Waals surface area contributed by atoms with E-state index in [4.69, 9.17) is 0 Å². The molecule has 0 aromatic carbocycles. The molecular weight excluding hydrogens is 321 g/mol. The summed E-state index contributed by atoms with van der Waals surface area (Å²) in [6.45, 7) is 4.34. The second-order valence-electron chi connectivity index (χ2n) is 3.48. The van der Waals surface area contributed by atoms with Gasteiger partial charge in [-0.05, 0) is 36.4 Å². The van der Waals surface area contributed by atoms with Gasteiger partial charge in [-0.15, -0.1) is 0 Å². The van der Waals surface area contributed by atoms with E-state index in [1.165, 1.54) is 10.9 Å². The number of rotatable bonds is 3. The first-order valence-electron chi connectivity index (χ1n) is 4.92. The summed E-state index contributed by atoms with van der Waals surface area (Å²) in [5.74, 6) is -0.0916. The van der Waals surface area contributed by atoms with Crippen LogP contribution < -0.4 is 5.56 Å². The highest BCUT2D eigenvalue weighted by atomic mass is 127. The van der Waals surface area contributed by atoms with Crippen molar-refractivity contribution in [3.8, 4) is 0 Å². The molecular formula is C10H14IN3O2. The number of aryl methyl sites for hydroxylation is 1. The Labute approximate surface area is 108 Å². The van der Waals surface area contributed by atoms with Gasteiger partial charge in [-0.3, -0.25) is 14.2 Å². The molecule has 0 aliphatic rings. The molecule has 1 aromatic rings. The molecule has 1 amide bonds. The maximum Gasteiger partial charge on any atom is 0.267 e. The second kappa shape index (κ2) is 5.42. The molecule has 1 rings (SSSR count). The summed E-state index contributed by atoms with van der Waals surface area (Å²) in [5.41, 5.74) is 0.532. The predicted molar refractivity (Wildman–Crippen MR) is 69.3 cm³/mol. The number of hydrogen-bond acceptors (Lipinski definition) is 3. The highest BCUT2D eigenvalue weighted by molar-refractivity contribution is 14.1. The van der Waals surface area contributed by atoms with Gasteiger partial charge in [0, 0.05) is 13.6 Å². The largest absolute Gasteiger partial charge is 0.344 e. The molecule has 16 heavy (non-hydrogen) atoms. The normalized spacial score (nSPS) is 10.2. The zero-order valence-electron chi connectivity index (χ0n) is 9.53. The number of amides is 1. The highest BCUT2D eigenvalue weighted by Crippen LogP contribution is 2.01. The molecule has 0 spiro atoms. The molecule has 0 N–H and O–H groups in total. The Kier molecular flexibility index (Phi) is 4.45. The number of likely N-dealkylation sites (N-methyl/N-ethyl adjacent to an activating group) is 1. The third-order valence-electron chi connectivity index (χ3n) is 2.36. The molecule has 0 saturated carbocycles. The molecule has 1 aromatic heterocycles. The zero-order chi connectivity index (χ0) is 12.3. The maximum atomic E-state index is 11.8. The zero-order valence-corrected chi connectivity index (χ0v) is 11.7. The fourth-order valence-electron chi connectivity index (χ4n) is 1.10. The van der Waals surface area contributed by atoms with E-state index < -0.39 is 0 Å². The average Bonchev–Trinajstić information content (AvgIpc) is 2.28. The summed E-state index contributed by atoms with van der Waals surface area (Å²) >= 11 is 1.95. The van der Waals surface area contributed by atoms with E-state index in [9.17, 15) is 9.59 Å². The standard InChI is InChI=1S/C10H14IN3O2/c1-4-13(3)8(15)5-14-6-12-7(2)9(11)10(14)16/h6H,4-5H2,1-3H3. The second-order valence-corrected chi connectivity index (χ2v) is 4.56. The Balaban J connectivity index is 2.95. The SMILES string of the molecule is CCN(C)C(=O)Cn1cnc(C)c(I)c1=O. The van der Waals surface area contributed by atoms with Crippen molar-refractivity contribution >= 4 is 28.5 Å². The van der Waals surface area contributed by atoms with Crippen LogP contribution in [0.15, 0.2) is 11.1 Å². The number of nitrogens with zero attached hydrogens (tertiary/aromatic N) is 3. The van der Waals surface area contributed by atoms with Gasteiger partial charge in [0.25, 0.3) is 5.56 Å². The van der Waals surface area contributed by atoms with E-state index in [1.54, 1.807) is 18.9 Å². The number of halogens is 1. The van der Waals surface area contributed by atoms with Gasteiger partial charge < -0.3 is 4.90 Å². The van der Waals surface area contributed by atoms with E-state index in [0.29, 0.717) is 15.8 Å². The summed E-state index contributed by atoms with van der Waals surface area (Å²) in [4.78, 5) is 29.0. The van der Waals surface area contributed by atoms with Crippen LogP contribution in [0, 0.1) is 10.5 Å². The van der Waals surface area contributed by atoms with Gasteiger partial charge in [0.1, 0.15) is 6.54 Å². The van der Waals surface area contributed by atoms with Crippen LogP contribution in [0.2, 0.25) is 0 Å². The van der Waals surface area contributed by atoms with Gasteiger partial charge in [-0.25, -0.2) is 4.98 Å². The summed E-state index contributed by atoms with van der Waals surface area (Å²) in [7, 11) is 1.71. The smallest absolute Gasteiger partial charge is 0.267 e. The predicted octanol–water partition coefficient (Wildman–Crippen LogP) is 0.635. The Morgan fingerprint density at radius 2 is 2.25 bits per heavy atom. The molecule has 0 aliphatic carbocycles. The molecule has 0 fully saturated rings. The molecule has 0 bridgehead atoms. The lowest BCUT2D eigenvalue weighted by Crippen LogP contribution is -2.34. The maximum absolute atomic E-state index is 11.8. The number of carbonyl (C=O) groups is 1. The minimum atomic E-state index is -0.161. The number of carbonyl (C=O) groups excluding carboxylic acids is 1. The van der Waals surface area contributed by atoms with Crippen molar-refractivity contribution in [1.82, 2.24) is 14.5 Å². The van der Waals surface area contributed by atoms with Crippen LogP contribution in [0.3, 0.4) is 0 Å². The van der Waals surface area contributed by atoms with E-state index in [-0.39, 0.29) is 18.0 Å². The van der Waals surface area contributed by atoms with Crippen LogP contribution >= 0.6 is 22.6 Å². The first-order chi connectivity index (χ1) is 7.47. The summed E-state index contributed by atoms with van der Waals surface area (Å²) < 4.78 is 1.90. The van der Waals surface area contributed by atoms with E-state index in [1.807, 2.05) is 29.5 Å². The highest BCUT2D eigenvalue weighted by Gasteiger charge is 2.11. The van der Waals surface area contributed by atoms with Crippen LogP contribution in [-0.4, -0.2) is 34.0 Å². The van der Waals surface area contributed by atoms with Gasteiger partial charge in [0.2, 0.25) is 5.91 Å². The Bertz CT molecular complexity index is 456. The van der Waals surface area contributed by atoms with Crippen LogP contribution in [0.25, 0.3) is 0 Å². The van der Waals surface area contributed by atoms with E-state index in [2.05, 4.69) is 4.98 Å². The van der Waals surface area contributed by atoms with E-state index >= 15 is 0 Å². The average molecular weight is 335 g/mol. The minimum absolute atomic E-state index is 0.0481. The van der Waals surface area contributed by atoms with Gasteiger partial charge in [-0.2, -0.15) is 0 Å². The van der Waals surface area contributed by atoms with Gasteiger partial charge in [0.15, 0.2) is 0 Å². The molecule has 1 heterocycles. The molecule has 0 unspecified atom stereocenters. The van der Waals surface area contributed by atoms with Crippen molar-refractivity contribution in [3.05, 3.63) is 25.9 Å². The minimum Gasteiger partial charge on any atom is -0.344 e. The van der Waals surface area contributed by atoms with Crippen LogP contribution in [0.5, 0.6) is 0 Å². The van der Waals surface area contributed by atoms with Crippen molar-refractivity contribution in [2.75, 3.05) is 13.6 Å². The lowest BCUT2D eigenvalue weighted by atomic mass is 10.4. The first kappa shape index (κ1) is 13.1. The molecule has 5 nitrogen and oxygen atoms in total. The molecule has 6 heteroatoms. The number of hydrogen-bond donors (Lipinski definition) is 0. The topological polar surface area (TPSA) is 55.2 Å². The van der Waals surface area contributed by atoms with Crippen molar-refractivity contribution in [3.63, 3.8) is 0 Å². The van der Waals surface area contributed by atoms with Gasteiger partial charge in [-0.1, -0.05) is 0 Å². The van der Waals surface area contributed by atoms with Crippen molar-refractivity contribution in [2.24, 2.45) is 0 Å². The molecule has 0 radical (unpaired) electrons. The fourth-order valence-corrected chi connectivity index (χ4v) is 1.55. The third kappa shape index (κ3) is 2.81. The van der Waals surface area contributed by atoms with Crippen LogP contribution in [0.1, 0.15) is 12.6 Å². The monoisotopic (exact) mass is 335 g/mol. The van der Waals surface area contributed by atoms with Crippen molar-refractivity contribution in [2.45, 2.75) is 20.4 Å². The summed E-state index contributed by atoms with van der Waals surface area (Å²) in [6, 6.07) is 0. The molecule has 88 valence electrons. The Hall–Kier alpha value is -0.920. The number of aromatic nitrogens is 2. The van der Waals surface area contributed by atoms with Gasteiger partial charge in [0.05, 0.1) is 15.6 Å². The Morgan fingerprint density at radius 3 is 2.81 bits per heavy atom. The van der Waals surface area contributed by atoms with Gasteiger partial charge >= 0.3 is 0 Å². The van der Waals surface area contributed by atoms with Crippen molar-refractivity contribution < 1.29 is 4.79 Å². The molecule has 0 atom stereocenters. The lowest BCUT2D eigenvalue weighted by molar-refractivity contribution is -0.130. The first-order valence-corrected chi connectivity index (χ1v) is 6.00. The fraction of sp³-hybridized carbons (Fsp3) is 0.500. The Morgan fingerprint density at radius 1 is 1.62 bits per heavy atom. The molecule has 0 aliphatic heterocycles. The molecule has 0 saturated heterocycles. The lowest BCUT2D eigenvalue weighted by Gasteiger charge is -2.15. The summed E-state index contributed by atoms with van der Waals surface area (Å²) in [6.07, 6.45) is 1.42. The summed E-state index contributed by atoms with van der Waals surface area (Å²) in [5, 5.41) is 0. The van der Waals surface area contributed by atoms with Crippen LogP contribution in [-0.2, 0) is 11.3 Å². The van der Waals surface area contributed by atoms with E-state index in [0.717, 1.165) is 0 Å². The van der Waals surface area contributed by atoms with Crippen LogP contribution in [0.4, 0.5) is 0 Å². The third-order valence-corrected chi connectivity index (χ3v) is 3.60. The van der Waals surface area contributed by atoms with Crippen molar-refractivity contribution in [1.29, 1.82) is 0 Å². The quantitative estimate of drug-likeness (QED) is 0.762.